The number of aliphatic hydroxyl groups is 4. The van der Waals surface area contributed by atoms with E-state index >= 15 is 0 Å². The normalized spacial score (nSPS) is 24.3. The molecule has 1 unspecified atom stereocenters. The molecule has 4 aliphatic heterocycles. The number of hydrogen-bond donors (Lipinski definition) is 9. The number of anilines is 1. The van der Waals surface area contributed by atoms with Gasteiger partial charge in [-0.1, -0.05) is 66.6 Å². The molecular weight excluding hydrogens is 1580 g/mol. The Morgan fingerprint density at radius 3 is 1.89 bits per heavy atom. The number of fused-ring (bicyclic) bond motifs is 5. The zero-order valence-corrected chi connectivity index (χ0v) is 69.1. The van der Waals surface area contributed by atoms with Crippen LogP contribution in [0.25, 0.3) is 0 Å². The number of carboxylic acids is 1. The molecule has 3 aromatic rings. The number of likely N-dealkylation sites (N-methyl/N-ethyl adjacent to an activating group) is 1. The second-order valence-electron chi connectivity index (χ2n) is 28.7. The lowest BCUT2D eigenvalue weighted by Crippen LogP contribution is -2.61. The molecule has 118 heavy (non-hydrogen) atoms. The van der Waals surface area contributed by atoms with Crippen LogP contribution in [0.2, 0.25) is 5.02 Å². The number of rotatable bonds is 51. The lowest BCUT2D eigenvalue weighted by Gasteiger charge is -2.41. The van der Waals surface area contributed by atoms with Crippen molar-refractivity contribution < 1.29 is 144 Å². The molecule has 40 heteroatoms. The summed E-state index contributed by atoms with van der Waals surface area (Å²) in [7, 11) is 3.03. The van der Waals surface area contributed by atoms with Crippen LogP contribution in [0.3, 0.4) is 0 Å². The highest BCUT2D eigenvalue weighted by molar-refractivity contribution is 6.34. The van der Waals surface area contributed by atoms with Gasteiger partial charge in [0.1, 0.15) is 65.9 Å². The summed E-state index contributed by atoms with van der Waals surface area (Å²) in [6.07, 6.45) is -6.90. The maximum absolute atomic E-state index is 14.4. The van der Waals surface area contributed by atoms with Gasteiger partial charge in [-0.2, -0.15) is 0 Å². The number of aryl methyl sites for hydroxylation is 2. The number of carbonyl (C=O) groups excluding carboxylic acids is 6. The van der Waals surface area contributed by atoms with E-state index in [0.29, 0.717) is 148 Å². The molecule has 2 aromatic carbocycles. The number of ether oxygens (including phenoxy) is 17. The Kier molecular flexibility index (Phi) is 42.2. The predicted octanol–water partition coefficient (Wildman–Crippen LogP) is 2.01. The Balaban J connectivity index is 0.781. The highest BCUT2D eigenvalue weighted by Crippen LogP contribution is 2.49. The van der Waals surface area contributed by atoms with Gasteiger partial charge in [-0.05, 0) is 75.4 Å². The fourth-order valence-electron chi connectivity index (χ4n) is 12.6. The largest absolute Gasteiger partial charge is 0.479 e. The molecule has 7 rings (SSSR count). The van der Waals surface area contributed by atoms with Crippen LogP contribution in [-0.4, -0.2) is 326 Å². The van der Waals surface area contributed by atoms with Gasteiger partial charge < -0.3 is 131 Å². The molecule has 0 aliphatic carbocycles. The molecule has 0 spiro atoms. The highest BCUT2D eigenvalue weighted by atomic mass is 35.5. The lowest BCUT2D eigenvalue weighted by molar-refractivity contribution is -0.271. The Morgan fingerprint density at radius 2 is 1.33 bits per heavy atom. The van der Waals surface area contributed by atoms with E-state index in [1.165, 1.54) is 46.7 Å². The van der Waals surface area contributed by atoms with E-state index in [9.17, 15) is 59.1 Å². The van der Waals surface area contributed by atoms with E-state index < -0.39 is 120 Å². The fraction of sp³-hybridized carbons (Fsp3) is 0.679. The number of benzene rings is 2. The molecule has 4 bridgehead atoms. The summed E-state index contributed by atoms with van der Waals surface area (Å²) < 4.78 is 96.6. The fourth-order valence-corrected chi connectivity index (χ4v) is 12.8. The predicted molar refractivity (Wildman–Crippen MR) is 417 cm³/mol. The van der Waals surface area contributed by atoms with Crippen molar-refractivity contribution in [3.63, 3.8) is 0 Å². The molecule has 5 amide bonds. The van der Waals surface area contributed by atoms with Gasteiger partial charge in [0, 0.05) is 51.9 Å². The van der Waals surface area contributed by atoms with Crippen LogP contribution >= 0.6 is 11.6 Å². The van der Waals surface area contributed by atoms with Crippen LogP contribution in [0.5, 0.6) is 5.75 Å². The number of aliphatic carboxylic acids is 1. The highest BCUT2D eigenvalue weighted by Gasteiger charge is 2.64. The zero-order valence-electron chi connectivity index (χ0n) is 68.3. The van der Waals surface area contributed by atoms with Crippen molar-refractivity contribution in [1.29, 1.82) is 0 Å². The summed E-state index contributed by atoms with van der Waals surface area (Å²) in [6.45, 7) is 18.8. The van der Waals surface area contributed by atoms with Crippen molar-refractivity contribution in [2.75, 3.05) is 177 Å². The molecule has 1 aromatic heterocycles. The van der Waals surface area contributed by atoms with Gasteiger partial charge in [0.05, 0.1) is 193 Å². The summed E-state index contributed by atoms with van der Waals surface area (Å²) in [5.74, 6) is -0.512. The van der Waals surface area contributed by atoms with Gasteiger partial charge in [-0.3, -0.25) is 24.4 Å². The standard InChI is InChI=1S/C78H118ClN9O30/c1-50-11-9-12-52(3)78(100)46-61(115-76(99)83-78)53(4)70-77(6,118-70)62(45-64(90)87(8)59-44-56(41-50)42-51(2)65(59)79)116-73(97)54(5)86(7)63(89)13-10-17-88-48-57(84-85-88)47-82-75(98)112-49-55-14-15-60(114-74-68(93)66(91)67(92)69(117-74)72(95)96)58(43-55)71(94)81-16-18-101-19-20-102-21-22-103-23-24-104-25-26-105-27-28-106-29-30-107-31-32-108-33-34-109-35-36-110-37-38-111-39-40-113-80/h9,11-12,14-15,42-44,48,52-54,61-62,66-70,74,91-93,100H,10,13,16-41,45-47,49,80H2,1-8H3,(H,81,94)(H,82,98)(H,83,99)(H,95,96)/b12-9+,50-11+/t52-,53-,54?,61+,62+,66+,67+,68-,69+,70+,74-,77+,78+/m1/s1. The molecule has 3 fully saturated rings. The summed E-state index contributed by atoms with van der Waals surface area (Å²) in [4.78, 5) is 101. The SMILES string of the molecule is C/C1=C\C=C\[C@@H](C)[C@@]2(O)C[C@H](OC(=O)N2)[C@@H](C)[C@@H]2O[C@@]2(C)[C@@H](OC(=O)C(C)N(C)C(=O)CCCn2cc(CNC(=O)OCc3ccc(O[C@@H]4O[C@H](C(=O)O)[C@@H](O)[C@H](O)[C@H]4O)c(C(=O)NCCOCCOCCOCCOCCOCCOCCOCCOCCOCCOCCOCCON)c3)nn2)CC(=O)N(C)c2cc(cc(C)c2Cl)C1. The first-order valence-electron chi connectivity index (χ1n) is 39.4. The Bertz CT molecular complexity index is 3680. The Hall–Kier alpha value is -7.72. The third-order valence-electron chi connectivity index (χ3n) is 19.8. The number of carbonyl (C=O) groups is 7. The van der Waals surface area contributed by atoms with Crippen LogP contribution in [0.1, 0.15) is 93.0 Å². The first kappa shape index (κ1) is 97.4. The van der Waals surface area contributed by atoms with Gasteiger partial charge in [-0.25, -0.2) is 25.1 Å². The number of carboxylic acid groups (broad SMARTS) is 1. The lowest BCUT2D eigenvalue weighted by atomic mass is 9.82. The van der Waals surface area contributed by atoms with E-state index in [0.717, 1.165) is 16.7 Å². The molecule has 4 aliphatic rings. The average Bonchev–Trinajstić information content (AvgIpc) is 1.57. The summed E-state index contributed by atoms with van der Waals surface area (Å²) in [5.41, 5.74) is 0.460. The number of nitrogens with one attached hydrogen (secondary N) is 3. The van der Waals surface area contributed by atoms with Crippen molar-refractivity contribution in [3.8, 4) is 5.75 Å². The smallest absolute Gasteiger partial charge is 0.409 e. The van der Waals surface area contributed by atoms with Crippen LogP contribution in [0.4, 0.5) is 15.3 Å². The minimum atomic E-state index is -2.01. The maximum Gasteiger partial charge on any atom is 0.409 e. The van der Waals surface area contributed by atoms with Gasteiger partial charge in [-0.15, -0.1) is 5.10 Å². The molecule has 662 valence electrons. The van der Waals surface area contributed by atoms with Gasteiger partial charge in [0.2, 0.25) is 18.1 Å². The first-order valence-corrected chi connectivity index (χ1v) is 39.7. The van der Waals surface area contributed by atoms with Gasteiger partial charge in [0.25, 0.3) is 5.91 Å². The maximum atomic E-state index is 14.4. The number of aromatic nitrogens is 3. The van der Waals surface area contributed by atoms with E-state index in [1.807, 2.05) is 38.1 Å². The quantitative estimate of drug-likeness (QED) is 0.0128. The summed E-state index contributed by atoms with van der Waals surface area (Å²) >= 11 is 6.86. The number of aliphatic hydroxyl groups excluding tert-OH is 3. The second kappa shape index (κ2) is 51.1. The molecule has 3 saturated heterocycles. The first-order chi connectivity index (χ1) is 56.6. The number of nitrogens with two attached hydrogens (primary N) is 1. The number of allylic oxidation sites excluding steroid dienone is 3. The van der Waals surface area contributed by atoms with Crippen molar-refractivity contribution in [3.05, 3.63) is 93.3 Å². The molecule has 5 heterocycles. The minimum Gasteiger partial charge on any atom is -0.479 e. The Labute approximate surface area is 690 Å². The van der Waals surface area contributed by atoms with Crippen LogP contribution < -0.4 is 31.5 Å². The number of epoxide rings is 1. The molecule has 10 N–H and O–H groups in total. The minimum absolute atomic E-state index is 0.00332. The Morgan fingerprint density at radius 1 is 0.771 bits per heavy atom. The van der Waals surface area contributed by atoms with E-state index in [1.54, 1.807) is 40.1 Å². The number of amides is 5. The topological polar surface area (TPSA) is 489 Å². The van der Waals surface area contributed by atoms with Crippen LogP contribution in [0.15, 0.2) is 60.3 Å². The molecule has 39 nitrogen and oxygen atoms in total. The van der Waals surface area contributed by atoms with Gasteiger partial charge in [0.15, 0.2) is 6.10 Å². The molecule has 13 atom stereocenters. The van der Waals surface area contributed by atoms with E-state index in [2.05, 4.69) is 31.1 Å². The monoisotopic (exact) mass is 1700 g/mol. The third-order valence-corrected chi connectivity index (χ3v) is 20.2. The van der Waals surface area contributed by atoms with Crippen LogP contribution in [0, 0.1) is 18.8 Å². The number of alkyl carbamates (subject to hydrolysis) is 2. The zero-order chi connectivity index (χ0) is 85.6. The number of hydrogen-bond acceptors (Lipinski definition) is 32. The van der Waals surface area contributed by atoms with E-state index in [-0.39, 0.29) is 95.2 Å². The number of esters is 1. The molecule has 0 radical (unpaired) electrons. The van der Waals surface area contributed by atoms with Crippen molar-refractivity contribution in [1.82, 2.24) is 35.8 Å². The third kappa shape index (κ3) is 32.0. The average molecular weight is 1700 g/mol. The van der Waals surface area contributed by atoms with Crippen molar-refractivity contribution in [2.24, 2.45) is 17.7 Å². The second-order valence-corrected chi connectivity index (χ2v) is 29.1. The van der Waals surface area contributed by atoms with Crippen LogP contribution in [-0.2, 0) is 126 Å². The summed E-state index contributed by atoms with van der Waals surface area (Å²) in [5, 5.41) is 69.3. The summed E-state index contributed by atoms with van der Waals surface area (Å²) in [6, 6.07) is 6.62. The molecular formula is C78H118ClN9O30. The molecule has 0 saturated carbocycles. The van der Waals surface area contributed by atoms with Gasteiger partial charge >= 0.3 is 24.1 Å². The van der Waals surface area contributed by atoms with Crippen molar-refractivity contribution in [2.45, 2.75) is 160 Å². The number of halogens is 1. The van der Waals surface area contributed by atoms with Crippen molar-refractivity contribution >= 4 is 59.1 Å². The number of nitrogens with zero attached hydrogens (tertiary/aromatic N) is 5. The van der Waals surface area contributed by atoms with E-state index in [4.69, 9.17) is 98.0 Å².